The van der Waals surface area contributed by atoms with Gasteiger partial charge in [0.05, 0.1) is 12.8 Å². The molecule has 0 radical (unpaired) electrons. The van der Waals surface area contributed by atoms with Gasteiger partial charge in [-0.25, -0.2) is 4.79 Å². The van der Waals surface area contributed by atoms with Crippen LogP contribution in [-0.2, 0) is 4.74 Å². The number of phenols is 2. The number of benzene rings is 4. The van der Waals surface area contributed by atoms with E-state index in [1.807, 2.05) is 0 Å². The fourth-order valence-corrected chi connectivity index (χ4v) is 9.39. The first-order valence-electron chi connectivity index (χ1n) is 13.4. The van der Waals surface area contributed by atoms with E-state index < -0.39 is 13.2 Å². The lowest BCUT2D eigenvalue weighted by Crippen LogP contribution is -3.00. The van der Waals surface area contributed by atoms with Gasteiger partial charge in [-0.2, -0.15) is 0 Å². The van der Waals surface area contributed by atoms with Crippen molar-refractivity contribution in [2.75, 3.05) is 12.8 Å². The van der Waals surface area contributed by atoms with Gasteiger partial charge in [0.15, 0.2) is 0 Å². The summed E-state index contributed by atoms with van der Waals surface area (Å²) in [6, 6.07) is 36.9. The zero-order valence-corrected chi connectivity index (χ0v) is 24.6. The summed E-state index contributed by atoms with van der Waals surface area (Å²) in [6.45, 7) is 0.323. The lowest BCUT2D eigenvalue weighted by atomic mass is 10.1. The van der Waals surface area contributed by atoms with Crippen LogP contribution in [0.4, 0.5) is 0 Å². The molecule has 2 N–H and O–H groups in total. The van der Waals surface area contributed by atoms with Crippen molar-refractivity contribution < 1.29 is 36.7 Å². The summed E-state index contributed by atoms with van der Waals surface area (Å²) in [5.41, 5.74) is 0.0739. The number of unbranched alkanes of at least 4 members (excludes halogenated alkanes) is 5. The average molecular weight is 608 g/mol. The molecule has 0 aliphatic rings. The molecule has 0 fully saturated rings. The Morgan fingerprint density at radius 2 is 1.08 bits per heavy atom. The third-order valence-corrected chi connectivity index (χ3v) is 11.4. The highest BCUT2D eigenvalue weighted by molar-refractivity contribution is 7.95. The summed E-state index contributed by atoms with van der Waals surface area (Å²) < 4.78 is 5.29. The average Bonchev–Trinajstić information content (AvgIpc) is 2.95. The van der Waals surface area contributed by atoms with Crippen LogP contribution >= 0.6 is 7.26 Å². The number of ether oxygens (including phenoxy) is 1. The van der Waals surface area contributed by atoms with E-state index in [1.54, 1.807) is 0 Å². The zero-order valence-electron chi connectivity index (χ0n) is 22.1. The molecule has 0 aliphatic carbocycles. The third-order valence-electron chi connectivity index (χ3n) is 6.91. The molecule has 0 amide bonds. The zero-order chi connectivity index (χ0) is 26.6. The third kappa shape index (κ3) is 7.94. The van der Waals surface area contributed by atoms with Crippen LogP contribution in [0.2, 0.25) is 0 Å². The van der Waals surface area contributed by atoms with Gasteiger partial charge in [-0.05, 0) is 67.8 Å². The van der Waals surface area contributed by atoms with Gasteiger partial charge in [-0.3, -0.25) is 0 Å². The van der Waals surface area contributed by atoms with E-state index in [1.165, 1.54) is 28.0 Å². The van der Waals surface area contributed by atoms with E-state index in [-0.39, 0.29) is 34.0 Å². The second-order valence-electron chi connectivity index (χ2n) is 9.50. The number of esters is 1. The van der Waals surface area contributed by atoms with Gasteiger partial charge in [0.1, 0.15) is 40.2 Å². The molecule has 0 atom stereocenters. The highest BCUT2D eigenvalue weighted by Gasteiger charge is 2.44. The lowest BCUT2D eigenvalue weighted by Gasteiger charge is -2.27. The summed E-state index contributed by atoms with van der Waals surface area (Å²) in [5.74, 6) is -0.921. The van der Waals surface area contributed by atoms with Gasteiger partial charge in [-0.15, -0.1) is 0 Å². The van der Waals surface area contributed by atoms with Crippen molar-refractivity contribution in [3.8, 4) is 11.5 Å². The molecular formula is C33H36BrO4P. The van der Waals surface area contributed by atoms with Gasteiger partial charge < -0.3 is 31.9 Å². The summed E-state index contributed by atoms with van der Waals surface area (Å²) in [5, 5.41) is 23.5. The molecule has 204 valence electrons. The van der Waals surface area contributed by atoms with Crippen LogP contribution in [0.1, 0.15) is 48.9 Å². The van der Waals surface area contributed by atoms with Crippen LogP contribution in [0.25, 0.3) is 0 Å². The van der Waals surface area contributed by atoms with Crippen molar-refractivity contribution >= 4 is 29.1 Å². The van der Waals surface area contributed by atoms with Crippen LogP contribution in [0, 0.1) is 0 Å². The Hall–Kier alpha value is -3.14. The predicted octanol–water partition coefficient (Wildman–Crippen LogP) is 3.59. The fourth-order valence-electron chi connectivity index (χ4n) is 4.98. The Morgan fingerprint density at radius 1 is 0.615 bits per heavy atom. The number of aromatic hydroxyl groups is 2. The van der Waals surface area contributed by atoms with Gasteiger partial charge in [0.25, 0.3) is 0 Å². The van der Waals surface area contributed by atoms with Crippen molar-refractivity contribution in [1.82, 2.24) is 0 Å². The molecule has 0 spiro atoms. The quantitative estimate of drug-likeness (QED) is 0.139. The monoisotopic (exact) mass is 606 g/mol. The summed E-state index contributed by atoms with van der Waals surface area (Å²) >= 11 is 0. The van der Waals surface area contributed by atoms with Gasteiger partial charge >= 0.3 is 5.97 Å². The van der Waals surface area contributed by atoms with Crippen molar-refractivity contribution in [2.24, 2.45) is 0 Å². The first-order valence-corrected chi connectivity index (χ1v) is 15.3. The normalized spacial score (nSPS) is 11.0. The predicted molar refractivity (Wildman–Crippen MR) is 158 cm³/mol. The van der Waals surface area contributed by atoms with Gasteiger partial charge in [-0.1, -0.05) is 73.9 Å². The SMILES string of the molecule is O=C(OCCCCCCCC[P+](c1ccccc1)(c1ccccc1)c1ccccc1)c1ccc(O)cc1O.[Br-]. The Kier molecular flexibility index (Phi) is 12.0. The first kappa shape index (κ1) is 30.4. The summed E-state index contributed by atoms with van der Waals surface area (Å²) in [4.78, 5) is 12.1. The molecule has 0 heterocycles. The highest BCUT2D eigenvalue weighted by atomic mass is 79.9. The van der Waals surface area contributed by atoms with Crippen LogP contribution in [-0.4, -0.2) is 29.0 Å². The van der Waals surface area contributed by atoms with Crippen LogP contribution < -0.4 is 32.9 Å². The molecule has 4 rings (SSSR count). The topological polar surface area (TPSA) is 66.8 Å². The summed E-state index contributed by atoms with van der Waals surface area (Å²) in [6.07, 6.45) is 7.47. The Balaban J connectivity index is 0.00000420. The molecule has 39 heavy (non-hydrogen) atoms. The van der Waals surface area contributed by atoms with Crippen molar-refractivity contribution in [2.45, 2.75) is 38.5 Å². The largest absolute Gasteiger partial charge is 1.00 e. The van der Waals surface area contributed by atoms with E-state index in [4.69, 9.17) is 4.74 Å². The molecule has 0 aromatic heterocycles. The molecule has 4 nitrogen and oxygen atoms in total. The fraction of sp³-hybridized carbons (Fsp3) is 0.242. The first-order chi connectivity index (χ1) is 18.6. The maximum absolute atomic E-state index is 12.1. The minimum atomic E-state index is -1.76. The number of carbonyl (C=O) groups is 1. The minimum Gasteiger partial charge on any atom is -1.00 e. The van der Waals surface area contributed by atoms with E-state index in [0.29, 0.717) is 6.61 Å². The lowest BCUT2D eigenvalue weighted by molar-refractivity contribution is -0.0000290. The van der Waals surface area contributed by atoms with Crippen LogP contribution in [0.3, 0.4) is 0 Å². The standard InChI is InChI=1S/C33H35O4P.BrH/c34-27-22-23-31(32(35)26-27)33(36)37-24-14-3-1-2-4-15-25-38(28-16-8-5-9-17-28,29-18-10-6-11-19-29)30-20-12-7-13-21-30;/h5-13,16-23,26H,1-4,14-15,24-25H2,(H-,34,35,36);1H. The number of halogens is 1. The number of phenolic OH excluding ortho intramolecular Hbond substituents is 2. The second kappa shape index (κ2) is 15.5. The minimum absolute atomic E-state index is 0. The molecule has 0 bridgehead atoms. The number of rotatable bonds is 13. The van der Waals surface area contributed by atoms with Crippen molar-refractivity contribution in [3.05, 3.63) is 115 Å². The number of hydrogen-bond donors (Lipinski definition) is 2. The highest BCUT2D eigenvalue weighted by Crippen LogP contribution is 2.56. The van der Waals surface area contributed by atoms with E-state index in [2.05, 4.69) is 91.0 Å². The van der Waals surface area contributed by atoms with Crippen molar-refractivity contribution in [3.63, 3.8) is 0 Å². The van der Waals surface area contributed by atoms with E-state index in [0.717, 1.165) is 50.8 Å². The molecule has 4 aromatic carbocycles. The van der Waals surface area contributed by atoms with Gasteiger partial charge in [0, 0.05) is 6.07 Å². The second-order valence-corrected chi connectivity index (χ2v) is 13.1. The van der Waals surface area contributed by atoms with E-state index in [9.17, 15) is 15.0 Å². The van der Waals surface area contributed by atoms with Crippen LogP contribution in [0.5, 0.6) is 11.5 Å². The molecule has 6 heteroatoms. The molecule has 0 saturated heterocycles. The Bertz CT molecular complexity index is 1190. The Labute approximate surface area is 242 Å². The molecular weight excluding hydrogens is 571 g/mol. The maximum Gasteiger partial charge on any atom is 0.341 e. The van der Waals surface area contributed by atoms with Crippen molar-refractivity contribution in [1.29, 1.82) is 0 Å². The summed E-state index contributed by atoms with van der Waals surface area (Å²) in [7, 11) is -1.76. The molecule has 0 unspecified atom stereocenters. The Morgan fingerprint density at radius 3 is 1.56 bits per heavy atom. The van der Waals surface area contributed by atoms with Gasteiger partial charge in [0.2, 0.25) is 0 Å². The van der Waals surface area contributed by atoms with Crippen LogP contribution in [0.15, 0.2) is 109 Å². The molecule has 0 aliphatic heterocycles. The van der Waals surface area contributed by atoms with E-state index >= 15 is 0 Å². The smallest absolute Gasteiger partial charge is 0.341 e. The number of hydrogen-bond acceptors (Lipinski definition) is 4. The molecule has 0 saturated carbocycles. The molecule has 4 aromatic rings. The maximum atomic E-state index is 12.1. The number of carbonyl (C=O) groups excluding carboxylic acids is 1.